The number of alkyl halides is 3. The maximum absolute atomic E-state index is 12.5. The van der Waals surface area contributed by atoms with Crippen LogP contribution in [-0.2, 0) is 14.3 Å². The lowest BCUT2D eigenvalue weighted by atomic mass is 9.84. The largest absolute Gasteiger partial charge is 0.495 e. The lowest BCUT2D eigenvalue weighted by Crippen LogP contribution is -2.51. The molecule has 0 radical (unpaired) electrons. The van der Waals surface area contributed by atoms with E-state index in [0.717, 1.165) is 5.69 Å². The highest BCUT2D eigenvalue weighted by atomic mass is 19.4. The van der Waals surface area contributed by atoms with Crippen LogP contribution in [-0.4, -0.2) is 61.8 Å². The summed E-state index contributed by atoms with van der Waals surface area (Å²) in [6, 6.07) is 5.44. The molecule has 28 heavy (non-hydrogen) atoms. The highest BCUT2D eigenvalue weighted by molar-refractivity contribution is 5.87. The average molecular weight is 401 g/mol. The molecule has 2 saturated heterocycles. The van der Waals surface area contributed by atoms with Crippen molar-refractivity contribution in [2.75, 3.05) is 37.9 Å². The monoisotopic (exact) mass is 401 g/mol. The van der Waals surface area contributed by atoms with Gasteiger partial charge < -0.3 is 25.0 Å². The fourth-order valence-corrected chi connectivity index (χ4v) is 3.92. The molecule has 1 atom stereocenters. The summed E-state index contributed by atoms with van der Waals surface area (Å²) in [6.45, 7) is 1.18. The van der Waals surface area contributed by atoms with Gasteiger partial charge in [0.15, 0.2) is 6.10 Å². The minimum atomic E-state index is -5.12. The number of carbonyl (C=O) groups is 2. The molecule has 2 heterocycles. The van der Waals surface area contributed by atoms with Crippen molar-refractivity contribution in [1.29, 1.82) is 0 Å². The van der Waals surface area contributed by atoms with Crippen molar-refractivity contribution < 1.29 is 32.2 Å². The van der Waals surface area contributed by atoms with Gasteiger partial charge in [0.25, 0.3) is 5.91 Å². The number of rotatable bonds is 3. The van der Waals surface area contributed by atoms with Crippen LogP contribution in [0.2, 0.25) is 0 Å². The molecule has 1 amide bonds. The highest BCUT2D eigenvalue weighted by Gasteiger charge is 2.54. The van der Waals surface area contributed by atoms with Crippen LogP contribution in [0, 0.1) is 0 Å². The third kappa shape index (κ3) is 3.55. The molecular weight excluding hydrogens is 379 g/mol. The SMILES string of the molecule is COc1cc(N2CCC3(CC2)CC(OC(=O)C(F)(F)F)C(=O)N3C)ccc1N. The van der Waals surface area contributed by atoms with E-state index in [1.54, 1.807) is 13.1 Å². The molecule has 1 spiro atoms. The van der Waals surface area contributed by atoms with Crippen LogP contribution in [0.1, 0.15) is 19.3 Å². The predicted octanol–water partition coefficient (Wildman–Crippen LogP) is 1.95. The number of hydrogen-bond acceptors (Lipinski definition) is 6. The summed E-state index contributed by atoms with van der Waals surface area (Å²) >= 11 is 0. The number of likely N-dealkylation sites (tertiary alicyclic amines) is 1. The lowest BCUT2D eigenvalue weighted by Gasteiger charge is -2.44. The van der Waals surface area contributed by atoms with Gasteiger partial charge in [-0.15, -0.1) is 0 Å². The number of nitrogens with two attached hydrogens (primary N) is 1. The average Bonchev–Trinajstić information content (AvgIpc) is 2.87. The number of piperidine rings is 1. The first-order valence-electron chi connectivity index (χ1n) is 8.81. The standard InChI is InChI=1S/C18H22F3N3O4/c1-23-15(25)14(28-16(26)18(19,20)21)10-17(23)5-7-24(8-6-17)11-3-4-12(22)13(9-11)27-2/h3-4,9,14H,5-8,10,22H2,1-2H3. The molecule has 2 N–H and O–H groups in total. The van der Waals surface area contributed by atoms with Crippen molar-refractivity contribution >= 4 is 23.3 Å². The first kappa shape index (κ1) is 20.1. The Labute approximate surface area is 160 Å². The molecule has 1 aromatic carbocycles. The number of amides is 1. The topological polar surface area (TPSA) is 85.1 Å². The maximum Gasteiger partial charge on any atom is 0.490 e. The molecule has 2 fully saturated rings. The third-order valence-corrected chi connectivity index (χ3v) is 5.64. The summed E-state index contributed by atoms with van der Waals surface area (Å²) < 4.78 is 47.1. The van der Waals surface area contributed by atoms with Crippen molar-refractivity contribution in [2.24, 2.45) is 0 Å². The summed E-state index contributed by atoms with van der Waals surface area (Å²) in [5.74, 6) is -2.37. The van der Waals surface area contributed by atoms with Gasteiger partial charge in [-0.25, -0.2) is 4.79 Å². The summed E-state index contributed by atoms with van der Waals surface area (Å²) in [7, 11) is 3.08. The van der Waals surface area contributed by atoms with Crippen molar-refractivity contribution in [2.45, 2.75) is 37.1 Å². The molecule has 1 aromatic rings. The van der Waals surface area contributed by atoms with Crippen molar-refractivity contribution in [3.05, 3.63) is 18.2 Å². The minimum Gasteiger partial charge on any atom is -0.495 e. The molecule has 0 bridgehead atoms. The van der Waals surface area contributed by atoms with Crippen molar-refractivity contribution in [3.63, 3.8) is 0 Å². The van der Waals surface area contributed by atoms with E-state index in [-0.39, 0.29) is 6.42 Å². The van der Waals surface area contributed by atoms with Gasteiger partial charge in [-0.2, -0.15) is 13.2 Å². The Hall–Kier alpha value is -2.65. The number of ether oxygens (including phenoxy) is 2. The van der Waals surface area contributed by atoms with Gasteiger partial charge in [0.1, 0.15) is 5.75 Å². The number of likely N-dealkylation sites (N-methyl/N-ethyl adjacent to an activating group) is 1. The van der Waals surface area contributed by atoms with Gasteiger partial charge in [0.05, 0.1) is 18.3 Å². The number of anilines is 2. The fraction of sp³-hybridized carbons (Fsp3) is 0.556. The summed E-state index contributed by atoms with van der Waals surface area (Å²) in [6.07, 6.45) is -5.37. The van der Waals surface area contributed by atoms with Crippen LogP contribution in [0.4, 0.5) is 24.5 Å². The number of esters is 1. The number of halogens is 3. The van der Waals surface area contributed by atoms with Gasteiger partial charge in [0, 0.05) is 38.3 Å². The number of nitrogens with zero attached hydrogens (tertiary/aromatic N) is 2. The third-order valence-electron chi connectivity index (χ3n) is 5.64. The fourth-order valence-electron chi connectivity index (χ4n) is 3.92. The molecule has 3 rings (SSSR count). The number of hydrogen-bond donors (Lipinski definition) is 1. The Bertz CT molecular complexity index is 776. The summed E-state index contributed by atoms with van der Waals surface area (Å²) in [5.41, 5.74) is 6.64. The molecular formula is C18H22F3N3O4. The van der Waals surface area contributed by atoms with Crippen LogP contribution >= 0.6 is 0 Å². The Balaban J connectivity index is 1.69. The molecule has 1 unspecified atom stereocenters. The van der Waals surface area contributed by atoms with E-state index in [9.17, 15) is 22.8 Å². The second-order valence-electron chi connectivity index (χ2n) is 7.13. The van der Waals surface area contributed by atoms with Crippen LogP contribution < -0.4 is 15.4 Å². The number of methoxy groups -OCH3 is 1. The normalized spacial score (nSPS) is 21.9. The first-order chi connectivity index (χ1) is 13.1. The van der Waals surface area contributed by atoms with Gasteiger partial charge in [-0.3, -0.25) is 4.79 Å². The van der Waals surface area contributed by atoms with Crippen molar-refractivity contribution in [1.82, 2.24) is 4.90 Å². The van der Waals surface area contributed by atoms with Crippen LogP contribution in [0.3, 0.4) is 0 Å². The Morgan fingerprint density at radius 1 is 1.29 bits per heavy atom. The summed E-state index contributed by atoms with van der Waals surface area (Å²) in [4.78, 5) is 27.0. The predicted molar refractivity (Wildman–Crippen MR) is 94.9 cm³/mol. The van der Waals surface area contributed by atoms with Crippen molar-refractivity contribution in [3.8, 4) is 5.75 Å². The van der Waals surface area contributed by atoms with Crippen LogP contribution in [0.5, 0.6) is 5.75 Å². The van der Waals surface area contributed by atoms with Crippen LogP contribution in [0.25, 0.3) is 0 Å². The Kier molecular flexibility index (Phi) is 5.07. The second-order valence-corrected chi connectivity index (χ2v) is 7.13. The Morgan fingerprint density at radius 3 is 2.50 bits per heavy atom. The minimum absolute atomic E-state index is 0.0586. The zero-order valence-electron chi connectivity index (χ0n) is 15.6. The first-order valence-corrected chi connectivity index (χ1v) is 8.81. The molecule has 0 saturated carbocycles. The van der Waals surface area contributed by atoms with Crippen LogP contribution in [0.15, 0.2) is 18.2 Å². The molecule has 0 aliphatic carbocycles. The smallest absolute Gasteiger partial charge is 0.490 e. The number of benzene rings is 1. The number of nitrogen functional groups attached to an aromatic ring is 1. The number of carbonyl (C=O) groups excluding carboxylic acids is 2. The zero-order valence-corrected chi connectivity index (χ0v) is 15.6. The van der Waals surface area contributed by atoms with Gasteiger partial charge >= 0.3 is 12.1 Å². The van der Waals surface area contributed by atoms with E-state index < -0.39 is 29.7 Å². The maximum atomic E-state index is 12.5. The highest BCUT2D eigenvalue weighted by Crippen LogP contribution is 2.41. The van der Waals surface area contributed by atoms with E-state index in [0.29, 0.717) is 37.4 Å². The van der Waals surface area contributed by atoms with E-state index >= 15 is 0 Å². The van der Waals surface area contributed by atoms with E-state index in [4.69, 9.17) is 10.5 Å². The quantitative estimate of drug-likeness (QED) is 0.616. The molecule has 10 heteroatoms. The molecule has 2 aliphatic rings. The molecule has 2 aliphatic heterocycles. The molecule has 7 nitrogen and oxygen atoms in total. The Morgan fingerprint density at radius 2 is 1.93 bits per heavy atom. The summed E-state index contributed by atoms with van der Waals surface area (Å²) in [5, 5.41) is 0. The van der Waals surface area contributed by atoms with E-state index in [1.165, 1.54) is 12.0 Å². The van der Waals surface area contributed by atoms with Gasteiger partial charge in [-0.05, 0) is 25.0 Å². The van der Waals surface area contributed by atoms with E-state index in [2.05, 4.69) is 9.64 Å². The second kappa shape index (κ2) is 7.06. The van der Waals surface area contributed by atoms with Gasteiger partial charge in [-0.1, -0.05) is 0 Å². The lowest BCUT2D eigenvalue weighted by molar-refractivity contribution is -0.204. The molecule has 154 valence electrons. The molecule has 0 aromatic heterocycles. The van der Waals surface area contributed by atoms with E-state index in [1.807, 2.05) is 12.1 Å². The van der Waals surface area contributed by atoms with Gasteiger partial charge in [0.2, 0.25) is 0 Å². The zero-order chi connectivity index (χ0) is 20.7.